The third-order valence-electron chi connectivity index (χ3n) is 5.38. The van der Waals surface area contributed by atoms with Crippen molar-refractivity contribution in [1.29, 1.82) is 0 Å². The number of hydrogen-bond donors (Lipinski definition) is 1. The van der Waals surface area contributed by atoms with Crippen LogP contribution in [0.4, 0.5) is 20.4 Å². The Bertz CT molecular complexity index is 1180. The highest BCUT2D eigenvalue weighted by atomic mass is 19.1. The number of piperidine rings is 1. The highest BCUT2D eigenvalue weighted by Gasteiger charge is 2.23. The fraction of sp³-hybridized carbons (Fsp3) is 0.381. The van der Waals surface area contributed by atoms with Crippen LogP contribution in [0.15, 0.2) is 35.5 Å². The molecule has 0 saturated carbocycles. The summed E-state index contributed by atoms with van der Waals surface area (Å²) < 4.78 is 28.5. The molecule has 1 aliphatic heterocycles. The first-order chi connectivity index (χ1) is 15.0. The maximum atomic E-state index is 13.9. The van der Waals surface area contributed by atoms with Crippen LogP contribution in [-0.4, -0.2) is 38.5 Å². The predicted octanol–water partition coefficient (Wildman–Crippen LogP) is 3.04. The van der Waals surface area contributed by atoms with E-state index in [1.54, 1.807) is 6.92 Å². The Balaban J connectivity index is 1.63. The average molecular weight is 428 g/mol. The van der Waals surface area contributed by atoms with Gasteiger partial charge in [0, 0.05) is 25.4 Å². The van der Waals surface area contributed by atoms with Crippen molar-refractivity contribution in [3.63, 3.8) is 0 Å². The average Bonchev–Trinajstić information content (AvgIpc) is 2.78. The zero-order valence-electron chi connectivity index (χ0n) is 17.0. The molecule has 0 radical (unpaired) electrons. The van der Waals surface area contributed by atoms with Crippen molar-refractivity contribution in [2.24, 2.45) is 0 Å². The van der Waals surface area contributed by atoms with Gasteiger partial charge in [-0.2, -0.15) is 4.98 Å². The molecule has 10 heteroatoms. The summed E-state index contributed by atoms with van der Waals surface area (Å²) >= 11 is 0. The van der Waals surface area contributed by atoms with Crippen molar-refractivity contribution in [1.82, 2.24) is 19.5 Å². The molecule has 0 bridgehead atoms. The molecule has 2 aromatic heterocycles. The van der Waals surface area contributed by atoms with Gasteiger partial charge in [-0.1, -0.05) is 6.92 Å². The number of nitrogens with zero attached hydrogens (tertiary/aromatic N) is 5. The second-order valence-electron chi connectivity index (χ2n) is 7.45. The predicted molar refractivity (Wildman–Crippen MR) is 112 cm³/mol. The van der Waals surface area contributed by atoms with Crippen molar-refractivity contribution in [3.8, 4) is 0 Å². The molecule has 3 aromatic rings. The highest BCUT2D eigenvalue weighted by molar-refractivity contribution is 5.94. The molecule has 1 fully saturated rings. The lowest BCUT2D eigenvalue weighted by Crippen LogP contribution is -2.34. The van der Waals surface area contributed by atoms with Crippen LogP contribution in [0.5, 0.6) is 0 Å². The fourth-order valence-corrected chi connectivity index (χ4v) is 3.71. The first kappa shape index (κ1) is 20.8. The van der Waals surface area contributed by atoms with Gasteiger partial charge in [0.2, 0.25) is 11.9 Å². The van der Waals surface area contributed by atoms with Crippen LogP contribution in [0.2, 0.25) is 0 Å². The molecule has 3 heterocycles. The van der Waals surface area contributed by atoms with Crippen LogP contribution >= 0.6 is 0 Å². The number of rotatable bonds is 5. The zero-order chi connectivity index (χ0) is 22.0. The maximum absolute atomic E-state index is 13.9. The second-order valence-corrected chi connectivity index (χ2v) is 7.45. The number of nitrogens with one attached hydrogen (secondary N) is 1. The molecule has 1 N–H and O–H groups in total. The number of carbonyl (C=O) groups excluding carboxylic acids is 1. The topological polar surface area (TPSA) is 93.0 Å². The summed E-state index contributed by atoms with van der Waals surface area (Å²) in [6, 6.07) is 1.80. The molecule has 8 nitrogen and oxygen atoms in total. The molecule has 0 aliphatic carbocycles. The Labute approximate surface area is 177 Å². The first-order valence-corrected chi connectivity index (χ1v) is 10.2. The molecule has 162 valence electrons. The SMILES string of the molecule is CC[C@@H](C(=O)Nc1cc(F)ccc1F)n1cnc2nc(N3CCCCC3)ncc2c1=O. The van der Waals surface area contributed by atoms with Gasteiger partial charge in [-0.3, -0.25) is 14.2 Å². The van der Waals surface area contributed by atoms with E-state index in [2.05, 4.69) is 25.2 Å². The Morgan fingerprint density at radius 2 is 1.97 bits per heavy atom. The largest absolute Gasteiger partial charge is 0.341 e. The van der Waals surface area contributed by atoms with Gasteiger partial charge in [0.1, 0.15) is 29.4 Å². The third kappa shape index (κ3) is 4.23. The molecule has 1 atom stereocenters. The van der Waals surface area contributed by atoms with Crippen molar-refractivity contribution >= 4 is 28.6 Å². The number of halogens is 2. The van der Waals surface area contributed by atoms with E-state index in [1.165, 1.54) is 23.5 Å². The van der Waals surface area contributed by atoms with E-state index in [1.807, 2.05) is 0 Å². The van der Waals surface area contributed by atoms with E-state index in [0.717, 1.165) is 44.1 Å². The number of fused-ring (bicyclic) bond motifs is 1. The van der Waals surface area contributed by atoms with Gasteiger partial charge in [0.15, 0.2) is 5.65 Å². The molecule has 0 unspecified atom stereocenters. The minimum Gasteiger partial charge on any atom is -0.341 e. The molecular formula is C21H22F2N6O2. The van der Waals surface area contributed by atoms with Crippen LogP contribution in [-0.2, 0) is 4.79 Å². The van der Waals surface area contributed by atoms with Gasteiger partial charge in [0.25, 0.3) is 5.56 Å². The number of carbonyl (C=O) groups is 1. The monoisotopic (exact) mass is 428 g/mol. The van der Waals surface area contributed by atoms with Gasteiger partial charge < -0.3 is 10.2 Å². The van der Waals surface area contributed by atoms with Crippen molar-refractivity contribution in [3.05, 3.63) is 52.7 Å². The Hall–Kier alpha value is -3.43. The van der Waals surface area contributed by atoms with Crippen molar-refractivity contribution < 1.29 is 13.6 Å². The summed E-state index contributed by atoms with van der Waals surface area (Å²) in [4.78, 5) is 40.8. The van der Waals surface area contributed by atoms with Gasteiger partial charge in [0.05, 0.1) is 5.69 Å². The Kier molecular flexibility index (Phi) is 5.88. The molecule has 0 spiro atoms. The van der Waals surface area contributed by atoms with Crippen molar-refractivity contribution in [2.45, 2.75) is 38.6 Å². The number of aromatic nitrogens is 4. The summed E-state index contributed by atoms with van der Waals surface area (Å²) in [6.45, 7) is 3.42. The Morgan fingerprint density at radius 1 is 1.19 bits per heavy atom. The summed E-state index contributed by atoms with van der Waals surface area (Å²) in [5.41, 5.74) is -0.514. The standard InChI is InChI=1S/C21H22F2N6O2/c1-2-17(19(30)26-16-10-13(22)6-7-15(16)23)29-12-25-18-14(20(29)31)11-24-21(27-18)28-8-4-3-5-9-28/h6-7,10-12,17H,2-5,8-9H2,1H3,(H,26,30)/t17-/m0/s1. The molecule has 1 saturated heterocycles. The molecular weight excluding hydrogens is 406 g/mol. The normalized spacial score (nSPS) is 15.1. The molecule has 1 aromatic carbocycles. The van der Waals surface area contributed by atoms with Gasteiger partial charge >= 0.3 is 0 Å². The molecule has 1 aliphatic rings. The van der Waals surface area contributed by atoms with E-state index in [0.29, 0.717) is 5.95 Å². The lowest BCUT2D eigenvalue weighted by Gasteiger charge is -2.26. The van der Waals surface area contributed by atoms with Crippen LogP contribution < -0.4 is 15.8 Å². The molecule has 4 rings (SSSR count). The summed E-state index contributed by atoms with van der Waals surface area (Å²) in [5.74, 6) is -1.58. The third-order valence-corrected chi connectivity index (χ3v) is 5.38. The summed E-state index contributed by atoms with van der Waals surface area (Å²) in [6.07, 6.45) is 6.23. The first-order valence-electron chi connectivity index (χ1n) is 10.2. The van der Waals surface area contributed by atoms with Crippen molar-refractivity contribution in [2.75, 3.05) is 23.3 Å². The van der Waals surface area contributed by atoms with Crippen LogP contribution in [0.25, 0.3) is 11.0 Å². The van der Waals surface area contributed by atoms with E-state index in [-0.39, 0.29) is 23.1 Å². The van der Waals surface area contributed by atoms with Crippen LogP contribution in [0.3, 0.4) is 0 Å². The lowest BCUT2D eigenvalue weighted by molar-refractivity contribution is -0.119. The van der Waals surface area contributed by atoms with E-state index >= 15 is 0 Å². The van der Waals surface area contributed by atoms with Crippen LogP contribution in [0, 0.1) is 11.6 Å². The summed E-state index contributed by atoms with van der Waals surface area (Å²) in [7, 11) is 0. The minimum atomic E-state index is -0.964. The number of hydrogen-bond acceptors (Lipinski definition) is 6. The number of amides is 1. The van der Waals surface area contributed by atoms with Gasteiger partial charge in [-0.25, -0.2) is 18.7 Å². The maximum Gasteiger partial charge on any atom is 0.265 e. The molecule has 1 amide bonds. The number of benzene rings is 1. The van der Waals surface area contributed by atoms with Gasteiger partial charge in [-0.05, 0) is 37.8 Å². The van der Waals surface area contributed by atoms with E-state index in [4.69, 9.17) is 0 Å². The second kappa shape index (κ2) is 8.75. The fourth-order valence-electron chi connectivity index (χ4n) is 3.71. The van der Waals surface area contributed by atoms with E-state index in [9.17, 15) is 18.4 Å². The van der Waals surface area contributed by atoms with E-state index < -0.39 is 29.1 Å². The minimum absolute atomic E-state index is 0.187. The Morgan fingerprint density at radius 3 is 2.71 bits per heavy atom. The number of anilines is 2. The smallest absolute Gasteiger partial charge is 0.265 e. The van der Waals surface area contributed by atoms with Gasteiger partial charge in [-0.15, -0.1) is 0 Å². The molecule has 31 heavy (non-hydrogen) atoms. The zero-order valence-corrected chi connectivity index (χ0v) is 17.0. The summed E-state index contributed by atoms with van der Waals surface area (Å²) in [5, 5.41) is 2.54. The van der Waals surface area contributed by atoms with Crippen LogP contribution in [0.1, 0.15) is 38.6 Å². The quantitative estimate of drug-likeness (QED) is 0.672. The highest BCUT2D eigenvalue weighted by Crippen LogP contribution is 2.20. The lowest BCUT2D eigenvalue weighted by atomic mass is 10.1.